The normalized spacial score (nSPS) is 14.1. The molecule has 0 spiro atoms. The number of fused-ring (bicyclic) bond motifs is 2. The fourth-order valence-electron chi connectivity index (χ4n) is 3.37. The Bertz CT molecular complexity index is 903. The zero-order valence-corrected chi connectivity index (χ0v) is 13.2. The number of rotatable bonds is 3. The number of nitriles is 1. The molecule has 0 radical (unpaired) electrons. The number of aryl methyl sites for hydroxylation is 1. The molecule has 3 aromatic rings. The van der Waals surface area contributed by atoms with Gasteiger partial charge in [0.25, 0.3) is 0 Å². The van der Waals surface area contributed by atoms with Crippen LogP contribution < -0.4 is 0 Å². The summed E-state index contributed by atoms with van der Waals surface area (Å²) in [6.45, 7) is 2.69. The number of nitrogens with zero attached hydrogens (tertiary/aromatic N) is 4. The van der Waals surface area contributed by atoms with E-state index in [0.29, 0.717) is 6.42 Å². The van der Waals surface area contributed by atoms with Crippen LogP contribution in [0, 0.1) is 11.3 Å². The Morgan fingerprint density at radius 1 is 1.13 bits per heavy atom. The van der Waals surface area contributed by atoms with E-state index in [2.05, 4.69) is 46.8 Å². The van der Waals surface area contributed by atoms with Crippen LogP contribution in [0.3, 0.4) is 0 Å². The molecule has 0 unspecified atom stereocenters. The molecule has 0 aliphatic carbocycles. The molecule has 1 aromatic heterocycles. The van der Waals surface area contributed by atoms with E-state index in [1.54, 1.807) is 0 Å². The summed E-state index contributed by atoms with van der Waals surface area (Å²) in [5.41, 5.74) is 6.06. The van der Waals surface area contributed by atoms with Crippen molar-refractivity contribution in [3.8, 4) is 17.5 Å². The number of aromatic nitrogens is 2. The Balaban J connectivity index is 1.73. The summed E-state index contributed by atoms with van der Waals surface area (Å²) in [6, 6.07) is 17.0. The summed E-state index contributed by atoms with van der Waals surface area (Å²) < 4.78 is 2.17. The maximum atomic E-state index is 8.75. The van der Waals surface area contributed by atoms with Crippen molar-refractivity contribution in [1.29, 1.82) is 5.26 Å². The van der Waals surface area contributed by atoms with E-state index in [4.69, 9.17) is 10.2 Å². The molecule has 0 saturated heterocycles. The smallest absolute Gasteiger partial charge is 0.140 e. The second-order valence-corrected chi connectivity index (χ2v) is 6.09. The van der Waals surface area contributed by atoms with E-state index in [-0.39, 0.29) is 0 Å². The molecule has 4 heteroatoms. The van der Waals surface area contributed by atoms with Crippen LogP contribution in [0.25, 0.3) is 22.4 Å². The molecule has 23 heavy (non-hydrogen) atoms. The van der Waals surface area contributed by atoms with Crippen LogP contribution in [0.4, 0.5) is 0 Å². The molecule has 0 bridgehead atoms. The summed E-state index contributed by atoms with van der Waals surface area (Å²) in [5, 5.41) is 8.75. The number of imidazole rings is 1. The summed E-state index contributed by atoms with van der Waals surface area (Å²) in [5.74, 6) is 1.01. The van der Waals surface area contributed by atoms with Gasteiger partial charge in [0.1, 0.15) is 5.82 Å². The van der Waals surface area contributed by atoms with E-state index in [0.717, 1.165) is 36.5 Å². The van der Waals surface area contributed by atoms with Gasteiger partial charge in [0, 0.05) is 38.7 Å². The first kappa shape index (κ1) is 14.0. The lowest BCUT2D eigenvalue weighted by atomic mass is 10.1. The van der Waals surface area contributed by atoms with Crippen molar-refractivity contribution in [2.24, 2.45) is 7.05 Å². The van der Waals surface area contributed by atoms with Gasteiger partial charge in [-0.25, -0.2) is 4.98 Å². The number of benzene rings is 2. The van der Waals surface area contributed by atoms with Crippen molar-refractivity contribution >= 4 is 11.0 Å². The maximum absolute atomic E-state index is 8.75. The summed E-state index contributed by atoms with van der Waals surface area (Å²) in [4.78, 5) is 7.16. The van der Waals surface area contributed by atoms with Crippen LogP contribution in [0.5, 0.6) is 0 Å². The fourth-order valence-corrected chi connectivity index (χ4v) is 3.37. The van der Waals surface area contributed by atoms with Crippen molar-refractivity contribution in [2.75, 3.05) is 6.54 Å². The monoisotopic (exact) mass is 302 g/mol. The van der Waals surface area contributed by atoms with Crippen LogP contribution in [-0.4, -0.2) is 21.0 Å². The van der Waals surface area contributed by atoms with Gasteiger partial charge in [0.05, 0.1) is 17.1 Å². The zero-order valence-electron chi connectivity index (χ0n) is 13.2. The highest BCUT2D eigenvalue weighted by atomic mass is 15.1. The maximum Gasteiger partial charge on any atom is 0.140 e. The first-order valence-electron chi connectivity index (χ1n) is 7.89. The SMILES string of the molecule is Cn1c(-c2ccccc2)nc2cc3c(cc21)CN(CCC#N)C3. The van der Waals surface area contributed by atoms with Crippen LogP contribution in [0.2, 0.25) is 0 Å². The van der Waals surface area contributed by atoms with Crippen LogP contribution in [0.15, 0.2) is 42.5 Å². The molecule has 0 atom stereocenters. The number of hydrogen-bond acceptors (Lipinski definition) is 3. The molecule has 1 aliphatic rings. The predicted octanol–water partition coefficient (Wildman–Crippen LogP) is 3.47. The van der Waals surface area contributed by atoms with E-state index < -0.39 is 0 Å². The minimum absolute atomic E-state index is 0.587. The van der Waals surface area contributed by atoms with Gasteiger partial charge in [0.2, 0.25) is 0 Å². The Hall–Kier alpha value is -2.64. The van der Waals surface area contributed by atoms with Crippen molar-refractivity contribution < 1.29 is 0 Å². The minimum Gasteiger partial charge on any atom is -0.327 e. The average molecular weight is 302 g/mol. The van der Waals surface area contributed by atoms with E-state index in [9.17, 15) is 0 Å². The molecule has 0 N–H and O–H groups in total. The third-order valence-electron chi connectivity index (χ3n) is 4.56. The highest BCUT2D eigenvalue weighted by Crippen LogP contribution is 2.30. The van der Waals surface area contributed by atoms with Gasteiger partial charge in [-0.1, -0.05) is 30.3 Å². The molecule has 114 valence electrons. The molecular weight excluding hydrogens is 284 g/mol. The molecule has 0 saturated carbocycles. The third kappa shape index (κ3) is 2.39. The summed E-state index contributed by atoms with van der Waals surface area (Å²) in [7, 11) is 2.08. The van der Waals surface area contributed by atoms with Gasteiger partial charge in [0.15, 0.2) is 0 Å². The van der Waals surface area contributed by atoms with Crippen molar-refractivity contribution in [1.82, 2.24) is 14.5 Å². The average Bonchev–Trinajstić information content (AvgIpc) is 3.12. The molecule has 4 nitrogen and oxygen atoms in total. The van der Waals surface area contributed by atoms with Crippen LogP contribution >= 0.6 is 0 Å². The second-order valence-electron chi connectivity index (χ2n) is 6.09. The third-order valence-corrected chi connectivity index (χ3v) is 4.56. The Kier molecular flexibility index (Phi) is 3.36. The van der Waals surface area contributed by atoms with Gasteiger partial charge in [-0.2, -0.15) is 5.26 Å². The molecule has 4 rings (SSSR count). The lowest BCUT2D eigenvalue weighted by Gasteiger charge is -2.11. The Labute approximate surface area is 135 Å². The van der Waals surface area contributed by atoms with Crippen molar-refractivity contribution in [3.05, 3.63) is 53.6 Å². The van der Waals surface area contributed by atoms with E-state index in [1.807, 2.05) is 18.2 Å². The summed E-state index contributed by atoms with van der Waals surface area (Å²) in [6.07, 6.45) is 0.587. The van der Waals surface area contributed by atoms with E-state index in [1.165, 1.54) is 16.6 Å². The van der Waals surface area contributed by atoms with Gasteiger partial charge < -0.3 is 4.57 Å². The molecule has 0 amide bonds. The quantitative estimate of drug-likeness (QED) is 0.744. The lowest BCUT2D eigenvalue weighted by Crippen LogP contribution is -2.16. The predicted molar refractivity (Wildman–Crippen MR) is 90.5 cm³/mol. The Morgan fingerprint density at radius 3 is 2.61 bits per heavy atom. The second kappa shape index (κ2) is 5.53. The van der Waals surface area contributed by atoms with Crippen LogP contribution in [0.1, 0.15) is 17.5 Å². The molecule has 2 heterocycles. The minimum atomic E-state index is 0.587. The molecule has 0 fully saturated rings. The first-order valence-corrected chi connectivity index (χ1v) is 7.89. The topological polar surface area (TPSA) is 44.9 Å². The largest absolute Gasteiger partial charge is 0.327 e. The Morgan fingerprint density at radius 2 is 1.87 bits per heavy atom. The van der Waals surface area contributed by atoms with Crippen molar-refractivity contribution in [2.45, 2.75) is 19.5 Å². The highest BCUT2D eigenvalue weighted by Gasteiger charge is 2.21. The standard InChI is InChI=1S/C19H18N4/c1-22-18-11-16-13-23(9-5-8-20)12-15(16)10-17(18)21-19(22)14-6-3-2-4-7-14/h2-4,6-7,10-11H,5,9,12-13H2,1H3. The summed E-state index contributed by atoms with van der Waals surface area (Å²) >= 11 is 0. The van der Waals surface area contributed by atoms with Gasteiger partial charge >= 0.3 is 0 Å². The zero-order chi connectivity index (χ0) is 15.8. The van der Waals surface area contributed by atoms with Gasteiger partial charge in [-0.05, 0) is 23.3 Å². The van der Waals surface area contributed by atoms with E-state index >= 15 is 0 Å². The van der Waals surface area contributed by atoms with Crippen LogP contribution in [-0.2, 0) is 20.1 Å². The van der Waals surface area contributed by atoms with Crippen molar-refractivity contribution in [3.63, 3.8) is 0 Å². The van der Waals surface area contributed by atoms with Gasteiger partial charge in [-0.15, -0.1) is 0 Å². The lowest BCUT2D eigenvalue weighted by molar-refractivity contribution is 0.291. The number of hydrogen-bond donors (Lipinski definition) is 0. The first-order chi connectivity index (χ1) is 11.3. The highest BCUT2D eigenvalue weighted by molar-refractivity contribution is 5.82. The molecule has 1 aliphatic heterocycles. The fraction of sp³-hybridized carbons (Fsp3) is 0.263. The molecular formula is C19H18N4. The molecule has 2 aromatic carbocycles. The van der Waals surface area contributed by atoms with Gasteiger partial charge in [-0.3, -0.25) is 4.90 Å².